The van der Waals surface area contributed by atoms with E-state index in [0.717, 1.165) is 17.2 Å². The molecule has 158 valence electrons. The van der Waals surface area contributed by atoms with Crippen molar-refractivity contribution in [2.75, 3.05) is 6.61 Å². The van der Waals surface area contributed by atoms with Crippen molar-refractivity contribution in [1.82, 2.24) is 9.55 Å². The first-order valence-corrected chi connectivity index (χ1v) is 9.86. The Bertz CT molecular complexity index is 1120. The third-order valence-electron chi connectivity index (χ3n) is 4.84. The molecule has 1 heterocycles. The van der Waals surface area contributed by atoms with Gasteiger partial charge in [-0.15, -0.1) is 0 Å². The molecule has 0 radical (unpaired) electrons. The monoisotopic (exact) mass is 420 g/mol. The van der Waals surface area contributed by atoms with E-state index in [1.54, 1.807) is 24.3 Å². The second-order valence-electron chi connectivity index (χ2n) is 6.92. The molecule has 1 aliphatic rings. The number of carbonyl (C=O) groups is 1. The van der Waals surface area contributed by atoms with Crippen LogP contribution in [0, 0.1) is 5.82 Å². The second-order valence-corrected chi connectivity index (χ2v) is 6.92. The number of hydrogen-bond donors (Lipinski definition) is 1. The molecule has 0 saturated carbocycles. The van der Waals surface area contributed by atoms with Crippen molar-refractivity contribution in [1.29, 1.82) is 0 Å². The zero-order valence-corrected chi connectivity index (χ0v) is 16.7. The zero-order valence-electron chi connectivity index (χ0n) is 16.7. The molecule has 31 heavy (non-hydrogen) atoms. The smallest absolute Gasteiger partial charge is 0.335 e. The van der Waals surface area contributed by atoms with E-state index in [9.17, 15) is 9.18 Å². The predicted molar refractivity (Wildman–Crippen MR) is 114 cm³/mol. The van der Waals surface area contributed by atoms with Gasteiger partial charge < -0.3 is 19.1 Å². The van der Waals surface area contributed by atoms with Gasteiger partial charge in [-0.05, 0) is 54.6 Å². The largest absolute Gasteiger partial charge is 0.492 e. The minimum Gasteiger partial charge on any atom is -0.492 e. The van der Waals surface area contributed by atoms with Gasteiger partial charge in [0.15, 0.2) is 0 Å². The number of imidazole rings is 1. The molecule has 0 saturated heterocycles. The lowest BCUT2D eigenvalue weighted by atomic mass is 10.2. The molecule has 0 amide bonds. The van der Waals surface area contributed by atoms with Crippen LogP contribution in [-0.2, 0) is 19.6 Å². The Kier molecular flexibility index (Phi) is 6.12. The van der Waals surface area contributed by atoms with Gasteiger partial charge in [-0.1, -0.05) is 18.2 Å². The second kappa shape index (κ2) is 9.30. The van der Waals surface area contributed by atoms with Crippen LogP contribution in [0.4, 0.5) is 4.39 Å². The maximum atomic E-state index is 13.1. The molecule has 1 aromatic heterocycles. The SMILES string of the molecule is O=C(O)c1ccc(OCc2nc3c(n2CCOc2ccc(F)cc2)C=CC=CC3)cc1. The molecule has 0 unspecified atom stereocenters. The van der Waals surface area contributed by atoms with Crippen LogP contribution in [0.2, 0.25) is 0 Å². The maximum absolute atomic E-state index is 13.1. The van der Waals surface area contributed by atoms with E-state index in [2.05, 4.69) is 0 Å². The lowest BCUT2D eigenvalue weighted by Gasteiger charge is -2.13. The van der Waals surface area contributed by atoms with E-state index < -0.39 is 5.97 Å². The van der Waals surface area contributed by atoms with Gasteiger partial charge >= 0.3 is 5.97 Å². The average Bonchev–Trinajstić information content (AvgIpc) is 2.93. The Balaban J connectivity index is 1.48. The quantitative estimate of drug-likeness (QED) is 0.581. The molecular formula is C24H21FN2O4. The summed E-state index contributed by atoms with van der Waals surface area (Å²) in [6, 6.07) is 12.2. The van der Waals surface area contributed by atoms with Crippen LogP contribution in [0.1, 0.15) is 27.6 Å². The first-order chi connectivity index (χ1) is 15.1. The zero-order chi connectivity index (χ0) is 21.6. The summed E-state index contributed by atoms with van der Waals surface area (Å²) in [5, 5.41) is 9.02. The van der Waals surface area contributed by atoms with Crippen molar-refractivity contribution < 1.29 is 23.8 Å². The number of benzene rings is 2. The lowest BCUT2D eigenvalue weighted by molar-refractivity contribution is 0.0697. The molecule has 0 fully saturated rings. The summed E-state index contributed by atoms with van der Waals surface area (Å²) >= 11 is 0. The number of aromatic carboxylic acids is 1. The van der Waals surface area contributed by atoms with Gasteiger partial charge in [0.25, 0.3) is 0 Å². The van der Waals surface area contributed by atoms with Gasteiger partial charge in [0.05, 0.1) is 23.5 Å². The van der Waals surface area contributed by atoms with Gasteiger partial charge in [-0.2, -0.15) is 0 Å². The minimum absolute atomic E-state index is 0.204. The first-order valence-electron chi connectivity index (χ1n) is 9.86. The van der Waals surface area contributed by atoms with Crippen LogP contribution in [0.3, 0.4) is 0 Å². The molecule has 7 heteroatoms. The van der Waals surface area contributed by atoms with Crippen LogP contribution < -0.4 is 9.47 Å². The summed E-state index contributed by atoms with van der Waals surface area (Å²) in [7, 11) is 0. The van der Waals surface area contributed by atoms with Crippen molar-refractivity contribution >= 4 is 12.0 Å². The van der Waals surface area contributed by atoms with Gasteiger partial charge in [-0.25, -0.2) is 14.2 Å². The topological polar surface area (TPSA) is 73.6 Å². The Morgan fingerprint density at radius 2 is 1.74 bits per heavy atom. The summed E-state index contributed by atoms with van der Waals surface area (Å²) in [4.78, 5) is 15.7. The molecule has 3 aromatic rings. The molecule has 0 atom stereocenters. The normalized spacial score (nSPS) is 12.3. The number of allylic oxidation sites excluding steroid dienone is 3. The van der Waals surface area contributed by atoms with Gasteiger partial charge in [0.2, 0.25) is 0 Å². The minimum atomic E-state index is -0.980. The molecule has 0 bridgehead atoms. The fourth-order valence-electron chi connectivity index (χ4n) is 3.30. The van der Waals surface area contributed by atoms with Gasteiger partial charge in [0.1, 0.15) is 36.4 Å². The molecule has 0 spiro atoms. The maximum Gasteiger partial charge on any atom is 0.335 e. The Hall–Kier alpha value is -3.87. The molecule has 6 nitrogen and oxygen atoms in total. The summed E-state index contributed by atoms with van der Waals surface area (Å²) < 4.78 is 26.7. The van der Waals surface area contributed by atoms with E-state index in [-0.39, 0.29) is 18.0 Å². The van der Waals surface area contributed by atoms with Gasteiger partial charge in [0, 0.05) is 6.42 Å². The third-order valence-corrected chi connectivity index (χ3v) is 4.84. The number of aromatic nitrogens is 2. The fraction of sp³-hybridized carbons (Fsp3) is 0.167. The highest BCUT2D eigenvalue weighted by Gasteiger charge is 2.16. The predicted octanol–water partition coefficient (Wildman–Crippen LogP) is 4.50. The lowest BCUT2D eigenvalue weighted by Crippen LogP contribution is -2.14. The van der Waals surface area contributed by atoms with E-state index in [4.69, 9.17) is 19.6 Å². The van der Waals surface area contributed by atoms with Crippen molar-refractivity contribution in [3.05, 3.63) is 95.4 Å². The molecule has 4 rings (SSSR count). The number of carboxylic acids is 1. The van der Waals surface area contributed by atoms with E-state index in [0.29, 0.717) is 31.1 Å². The van der Waals surface area contributed by atoms with Crippen LogP contribution in [-0.4, -0.2) is 27.2 Å². The number of carboxylic acid groups (broad SMARTS) is 1. The summed E-state index contributed by atoms with van der Waals surface area (Å²) in [5.74, 6) is 0.622. The Morgan fingerprint density at radius 1 is 1.03 bits per heavy atom. The van der Waals surface area contributed by atoms with Crippen LogP contribution >= 0.6 is 0 Å². The Morgan fingerprint density at radius 3 is 2.48 bits per heavy atom. The molecule has 1 aliphatic carbocycles. The summed E-state index contributed by atoms with van der Waals surface area (Å²) in [6.07, 6.45) is 8.73. The molecule has 0 aliphatic heterocycles. The van der Waals surface area contributed by atoms with Gasteiger partial charge in [-0.3, -0.25) is 0 Å². The van der Waals surface area contributed by atoms with Crippen molar-refractivity contribution in [3.8, 4) is 11.5 Å². The van der Waals surface area contributed by atoms with E-state index in [1.165, 1.54) is 24.3 Å². The number of rotatable bonds is 8. The third kappa shape index (κ3) is 5.01. The summed E-state index contributed by atoms with van der Waals surface area (Å²) in [6.45, 7) is 1.16. The van der Waals surface area contributed by atoms with E-state index in [1.807, 2.05) is 28.9 Å². The van der Waals surface area contributed by atoms with Crippen LogP contribution in [0.5, 0.6) is 11.5 Å². The molecular weight excluding hydrogens is 399 g/mol. The highest BCUT2D eigenvalue weighted by atomic mass is 19.1. The van der Waals surface area contributed by atoms with Crippen molar-refractivity contribution in [2.45, 2.75) is 19.6 Å². The number of nitrogens with zero attached hydrogens (tertiary/aromatic N) is 2. The summed E-state index contributed by atoms with van der Waals surface area (Å²) in [5.41, 5.74) is 2.15. The number of hydrogen-bond acceptors (Lipinski definition) is 4. The van der Waals surface area contributed by atoms with Crippen LogP contribution in [0.25, 0.3) is 6.08 Å². The van der Waals surface area contributed by atoms with Crippen LogP contribution in [0.15, 0.2) is 66.8 Å². The Labute approximate surface area is 178 Å². The van der Waals surface area contributed by atoms with Crippen molar-refractivity contribution in [2.24, 2.45) is 0 Å². The molecule has 2 aromatic carbocycles. The fourth-order valence-corrected chi connectivity index (χ4v) is 3.30. The van der Waals surface area contributed by atoms with E-state index >= 15 is 0 Å². The average molecular weight is 420 g/mol. The highest BCUT2D eigenvalue weighted by molar-refractivity contribution is 5.87. The number of fused-ring (bicyclic) bond motifs is 1. The number of halogens is 1. The highest BCUT2D eigenvalue weighted by Crippen LogP contribution is 2.21. The standard InChI is InChI=1S/C24H21FN2O4/c25-18-8-12-19(13-9-18)30-15-14-27-22-5-3-1-2-4-21(22)26-23(27)16-31-20-10-6-17(7-11-20)24(28)29/h1-3,5-13H,4,14-16H2,(H,28,29). The number of ether oxygens (including phenoxy) is 2. The van der Waals surface area contributed by atoms with Crippen molar-refractivity contribution in [3.63, 3.8) is 0 Å². The first kappa shape index (κ1) is 20.4. The molecule has 1 N–H and O–H groups in total.